The van der Waals surface area contributed by atoms with Crippen molar-refractivity contribution in [1.82, 2.24) is 4.98 Å². The molecule has 1 aliphatic carbocycles. The fraction of sp³-hybridized carbons (Fsp3) is 0.444. The average Bonchev–Trinajstić information content (AvgIpc) is 2.32. The summed E-state index contributed by atoms with van der Waals surface area (Å²) in [6.45, 7) is 3.70. The van der Waals surface area contributed by atoms with E-state index in [1.165, 1.54) is 25.0 Å². The van der Waals surface area contributed by atoms with E-state index in [0.29, 0.717) is 0 Å². The Morgan fingerprint density at radius 2 is 2.45 bits per heavy atom. The van der Waals surface area contributed by atoms with Gasteiger partial charge in [0.2, 0.25) is 0 Å². The van der Waals surface area contributed by atoms with E-state index < -0.39 is 0 Å². The monoisotopic (exact) mass is 165 g/mol. The zero-order chi connectivity index (χ0) is 7.68. The smallest absolute Gasteiger partial charge is 0.115 e. The third-order valence-electron chi connectivity index (χ3n) is 2.24. The van der Waals surface area contributed by atoms with E-state index in [4.69, 9.17) is 0 Å². The third-order valence-corrected chi connectivity index (χ3v) is 3.10. The normalized spacial score (nSPS) is 17.8. The van der Waals surface area contributed by atoms with E-state index in [0.717, 1.165) is 10.9 Å². The van der Waals surface area contributed by atoms with Gasteiger partial charge in [-0.15, -0.1) is 11.3 Å². The van der Waals surface area contributed by atoms with Crippen LogP contribution in [0.25, 0.3) is 6.08 Å². The maximum absolute atomic E-state index is 4.45. The summed E-state index contributed by atoms with van der Waals surface area (Å²) in [4.78, 5) is 4.45. The van der Waals surface area contributed by atoms with Gasteiger partial charge in [-0.3, -0.25) is 0 Å². The number of rotatable bonds is 2. The van der Waals surface area contributed by atoms with Crippen molar-refractivity contribution in [3.63, 3.8) is 0 Å². The predicted molar refractivity (Wildman–Crippen MR) is 48.8 cm³/mol. The predicted octanol–water partition coefficient (Wildman–Crippen LogP) is 3.05. The lowest BCUT2D eigenvalue weighted by atomic mass is 9.83. The second-order valence-corrected chi connectivity index (χ2v) is 3.83. The summed E-state index contributed by atoms with van der Waals surface area (Å²) in [5.74, 6) is 0.764. The molecule has 0 amide bonds. The number of hydrogen-bond donors (Lipinski definition) is 0. The molecule has 1 saturated carbocycles. The van der Waals surface area contributed by atoms with Crippen molar-refractivity contribution in [3.05, 3.63) is 22.7 Å². The molecule has 1 aliphatic rings. The molecule has 1 nitrogen and oxygen atoms in total. The third kappa shape index (κ3) is 1.23. The van der Waals surface area contributed by atoms with Gasteiger partial charge in [0.25, 0.3) is 0 Å². The van der Waals surface area contributed by atoms with Crippen LogP contribution in [0.2, 0.25) is 0 Å². The highest BCUT2D eigenvalue weighted by atomic mass is 32.1. The molecule has 58 valence electrons. The molecule has 1 aromatic heterocycles. The second kappa shape index (κ2) is 2.78. The van der Waals surface area contributed by atoms with Crippen molar-refractivity contribution in [2.75, 3.05) is 0 Å². The molecule has 2 heteroatoms. The molecule has 1 fully saturated rings. The molecule has 0 aliphatic heterocycles. The fourth-order valence-electron chi connectivity index (χ4n) is 1.29. The first-order valence-electron chi connectivity index (χ1n) is 3.98. The zero-order valence-electron chi connectivity index (χ0n) is 6.42. The summed E-state index contributed by atoms with van der Waals surface area (Å²) >= 11 is 1.70. The molecule has 0 spiro atoms. The second-order valence-electron chi connectivity index (χ2n) is 2.94. The van der Waals surface area contributed by atoms with Crippen LogP contribution in [0.3, 0.4) is 0 Å². The van der Waals surface area contributed by atoms with Crippen LogP contribution >= 0.6 is 11.3 Å². The van der Waals surface area contributed by atoms with Crippen molar-refractivity contribution in [1.29, 1.82) is 0 Å². The first kappa shape index (κ1) is 7.04. The molecule has 1 aromatic rings. The first-order valence-corrected chi connectivity index (χ1v) is 4.86. The van der Waals surface area contributed by atoms with E-state index in [2.05, 4.69) is 16.9 Å². The molecule has 2 rings (SSSR count). The summed E-state index contributed by atoms with van der Waals surface area (Å²) in [5, 5.41) is 3.23. The zero-order valence-corrected chi connectivity index (χ0v) is 7.23. The minimum Gasteiger partial charge on any atom is -0.241 e. The first-order chi connectivity index (χ1) is 5.40. The van der Waals surface area contributed by atoms with Crippen LogP contribution in [0, 0.1) is 0 Å². The number of aromatic nitrogens is 1. The van der Waals surface area contributed by atoms with Crippen LogP contribution < -0.4 is 0 Å². The van der Waals surface area contributed by atoms with Crippen molar-refractivity contribution in [3.8, 4) is 0 Å². The van der Waals surface area contributed by atoms with Crippen molar-refractivity contribution in [2.45, 2.75) is 25.2 Å². The van der Waals surface area contributed by atoms with Crippen molar-refractivity contribution in [2.24, 2.45) is 0 Å². The van der Waals surface area contributed by atoms with Gasteiger partial charge < -0.3 is 0 Å². The topological polar surface area (TPSA) is 12.9 Å². The summed E-state index contributed by atoms with van der Waals surface area (Å²) in [5.41, 5.74) is 1.29. The SMILES string of the molecule is C=Cc1nc(C2CCC2)cs1. The molecule has 0 unspecified atom stereocenters. The number of hydrogen-bond acceptors (Lipinski definition) is 2. The van der Waals surface area contributed by atoms with Gasteiger partial charge in [0.05, 0.1) is 5.69 Å². The summed E-state index contributed by atoms with van der Waals surface area (Å²) in [7, 11) is 0. The summed E-state index contributed by atoms with van der Waals surface area (Å²) in [6.07, 6.45) is 5.87. The molecule has 0 aromatic carbocycles. The maximum atomic E-state index is 4.45. The van der Waals surface area contributed by atoms with Gasteiger partial charge in [0.1, 0.15) is 5.01 Å². The van der Waals surface area contributed by atoms with Gasteiger partial charge in [-0.1, -0.05) is 13.0 Å². The average molecular weight is 165 g/mol. The Labute approximate surface area is 70.8 Å². The Morgan fingerprint density at radius 3 is 2.91 bits per heavy atom. The lowest BCUT2D eigenvalue weighted by molar-refractivity contribution is 0.412. The van der Waals surface area contributed by atoms with Gasteiger partial charge in [0.15, 0.2) is 0 Å². The fourth-order valence-corrected chi connectivity index (χ4v) is 2.03. The molecule has 0 atom stereocenters. The lowest BCUT2D eigenvalue weighted by Crippen LogP contribution is -2.08. The van der Waals surface area contributed by atoms with Crippen LogP contribution in [0.4, 0.5) is 0 Å². The minimum absolute atomic E-state index is 0.764. The van der Waals surface area contributed by atoms with Crippen LogP contribution in [0.1, 0.15) is 35.9 Å². The molecule has 0 radical (unpaired) electrons. The van der Waals surface area contributed by atoms with E-state index in [-0.39, 0.29) is 0 Å². The Bertz CT molecular complexity index is 260. The molecule has 11 heavy (non-hydrogen) atoms. The van der Waals surface area contributed by atoms with Gasteiger partial charge in [-0.25, -0.2) is 4.98 Å². The highest BCUT2D eigenvalue weighted by molar-refractivity contribution is 7.10. The molecule has 1 heterocycles. The van der Waals surface area contributed by atoms with Crippen molar-refractivity contribution >= 4 is 17.4 Å². The van der Waals surface area contributed by atoms with Crippen LogP contribution in [-0.2, 0) is 0 Å². The van der Waals surface area contributed by atoms with Crippen molar-refractivity contribution < 1.29 is 0 Å². The summed E-state index contributed by atoms with van der Waals surface area (Å²) < 4.78 is 0. The lowest BCUT2D eigenvalue weighted by Gasteiger charge is -2.22. The van der Waals surface area contributed by atoms with Gasteiger partial charge in [0, 0.05) is 11.3 Å². The largest absolute Gasteiger partial charge is 0.241 e. The molecular weight excluding hydrogens is 154 g/mol. The maximum Gasteiger partial charge on any atom is 0.115 e. The highest BCUT2D eigenvalue weighted by Gasteiger charge is 2.21. The number of nitrogens with zero attached hydrogens (tertiary/aromatic N) is 1. The highest BCUT2D eigenvalue weighted by Crippen LogP contribution is 2.36. The standard InChI is InChI=1S/C9H11NS/c1-2-9-10-8(6-11-9)7-4-3-5-7/h2,6-7H,1,3-5H2. The quantitative estimate of drug-likeness (QED) is 0.656. The van der Waals surface area contributed by atoms with Gasteiger partial charge in [-0.05, 0) is 18.9 Å². The van der Waals surface area contributed by atoms with Crippen LogP contribution in [0.5, 0.6) is 0 Å². The van der Waals surface area contributed by atoms with E-state index >= 15 is 0 Å². The minimum atomic E-state index is 0.764. The Hall–Kier alpha value is -0.630. The number of thiazole rings is 1. The Morgan fingerprint density at radius 1 is 1.64 bits per heavy atom. The van der Waals surface area contributed by atoms with Crippen LogP contribution in [0.15, 0.2) is 12.0 Å². The molecule has 0 bridgehead atoms. The van der Waals surface area contributed by atoms with Gasteiger partial charge >= 0.3 is 0 Å². The van der Waals surface area contributed by atoms with E-state index in [9.17, 15) is 0 Å². The molecular formula is C9H11NS. The Kier molecular flexibility index (Phi) is 1.78. The Balaban J connectivity index is 2.17. The molecule has 0 saturated heterocycles. The van der Waals surface area contributed by atoms with Gasteiger partial charge in [-0.2, -0.15) is 0 Å². The van der Waals surface area contributed by atoms with Crippen LogP contribution in [-0.4, -0.2) is 4.98 Å². The summed E-state index contributed by atoms with van der Waals surface area (Å²) in [6, 6.07) is 0. The molecule has 0 N–H and O–H groups in total. The van der Waals surface area contributed by atoms with E-state index in [1.807, 2.05) is 6.08 Å². The van der Waals surface area contributed by atoms with E-state index in [1.54, 1.807) is 11.3 Å².